The molecule has 1 aromatic carbocycles. The minimum absolute atomic E-state index is 0.0618. The van der Waals surface area contributed by atoms with Crippen molar-refractivity contribution in [2.45, 2.75) is 22.4 Å². The van der Waals surface area contributed by atoms with E-state index in [1.165, 1.54) is 39.8 Å². The lowest BCUT2D eigenvalue weighted by Gasteiger charge is -2.08. The summed E-state index contributed by atoms with van der Waals surface area (Å²) in [6, 6.07) is 4.86. The molecule has 0 spiro atoms. The van der Waals surface area contributed by atoms with Crippen molar-refractivity contribution >= 4 is 59.3 Å². The summed E-state index contributed by atoms with van der Waals surface area (Å²) in [7, 11) is -4.80. The lowest BCUT2D eigenvalue weighted by molar-refractivity contribution is -0.192. The summed E-state index contributed by atoms with van der Waals surface area (Å²) < 4.78 is 81.2. The van der Waals surface area contributed by atoms with Gasteiger partial charge in [0.05, 0.1) is 22.8 Å². The van der Waals surface area contributed by atoms with Crippen molar-refractivity contribution in [1.29, 1.82) is 0 Å². The average molecular weight is 571 g/mol. The van der Waals surface area contributed by atoms with E-state index < -0.39 is 50.4 Å². The molecule has 11 nitrogen and oxygen atoms in total. The summed E-state index contributed by atoms with van der Waals surface area (Å²) in [6.45, 7) is -0.183. The fourth-order valence-electron chi connectivity index (χ4n) is 1.66. The zero-order chi connectivity index (χ0) is 26.6. The third kappa shape index (κ3) is 14.3. The number of carboxylic acids is 2. The van der Waals surface area contributed by atoms with Gasteiger partial charge in [0.1, 0.15) is 0 Å². The molecule has 0 aliphatic rings. The Balaban J connectivity index is 0.00000135. The number of sulfone groups is 1. The molecule has 1 amide bonds. The van der Waals surface area contributed by atoms with Gasteiger partial charge in [0.2, 0.25) is 15.9 Å². The third-order valence-corrected chi connectivity index (χ3v) is 8.12. The quantitative estimate of drug-likeness (QED) is 0.207. The molecule has 34 heavy (non-hydrogen) atoms. The van der Waals surface area contributed by atoms with Crippen LogP contribution in [-0.4, -0.2) is 81.9 Å². The minimum Gasteiger partial charge on any atom is -0.481 e. The number of carbonyl (C=O) groups excluding carboxylic acids is 1. The number of halogens is 3. The van der Waals surface area contributed by atoms with Gasteiger partial charge in [0.15, 0.2) is 9.84 Å². The molecule has 0 fully saturated rings. The Morgan fingerprint density at radius 2 is 1.53 bits per heavy atom. The van der Waals surface area contributed by atoms with Gasteiger partial charge < -0.3 is 15.5 Å². The summed E-state index contributed by atoms with van der Waals surface area (Å²) in [5.74, 6) is -3.16. The molecule has 1 rings (SSSR count). The van der Waals surface area contributed by atoms with E-state index >= 15 is 0 Å². The normalized spacial score (nSPS) is 11.8. The zero-order valence-corrected chi connectivity index (χ0v) is 20.6. The number of rotatable bonds is 12. The number of hydrogen-bond acceptors (Lipinski definition) is 9. The van der Waals surface area contributed by atoms with Crippen molar-refractivity contribution < 1.29 is 54.6 Å². The standard InChI is InChI=1S/C14H20N2O7S4.C2HF3O2/c1-26(20,21)11-3-2-4-12(9-11)27(22,23)16-10-13(17)15-6-8-25-24-7-5-14(18)19;3-2(4,5)1(6)7/h2-4,9,16H,5-8,10H2,1H3,(H,15,17)(H,18,19);(H,6,7). The van der Waals surface area contributed by atoms with Crippen molar-refractivity contribution in [3.8, 4) is 0 Å². The molecule has 0 atom stereocenters. The first-order valence-corrected chi connectivity index (χ1v) is 14.7. The van der Waals surface area contributed by atoms with Crippen molar-refractivity contribution in [2.75, 3.05) is 30.9 Å². The van der Waals surface area contributed by atoms with Gasteiger partial charge in [-0.2, -0.15) is 13.2 Å². The van der Waals surface area contributed by atoms with Gasteiger partial charge in [-0.1, -0.05) is 27.7 Å². The van der Waals surface area contributed by atoms with Crippen LogP contribution in [0.2, 0.25) is 0 Å². The number of amides is 1. The molecule has 194 valence electrons. The van der Waals surface area contributed by atoms with Gasteiger partial charge in [-0.25, -0.2) is 26.4 Å². The van der Waals surface area contributed by atoms with Crippen LogP contribution in [0.5, 0.6) is 0 Å². The zero-order valence-electron chi connectivity index (χ0n) is 17.4. The van der Waals surface area contributed by atoms with E-state index in [2.05, 4.69) is 10.0 Å². The summed E-state index contributed by atoms with van der Waals surface area (Å²) >= 11 is 0. The van der Waals surface area contributed by atoms with Crippen LogP contribution in [0.3, 0.4) is 0 Å². The number of hydrogen-bond donors (Lipinski definition) is 4. The highest BCUT2D eigenvalue weighted by Gasteiger charge is 2.38. The van der Waals surface area contributed by atoms with Crippen LogP contribution in [0.15, 0.2) is 34.1 Å². The van der Waals surface area contributed by atoms with Crippen LogP contribution in [0.4, 0.5) is 13.2 Å². The number of benzene rings is 1. The van der Waals surface area contributed by atoms with Crippen molar-refractivity contribution in [3.05, 3.63) is 24.3 Å². The topological polar surface area (TPSA) is 184 Å². The average Bonchev–Trinajstić information content (AvgIpc) is 2.70. The Morgan fingerprint density at radius 1 is 1.00 bits per heavy atom. The van der Waals surface area contributed by atoms with Crippen LogP contribution < -0.4 is 10.0 Å². The molecule has 0 aromatic heterocycles. The highest BCUT2D eigenvalue weighted by molar-refractivity contribution is 8.76. The molecule has 1 aromatic rings. The summed E-state index contributed by atoms with van der Waals surface area (Å²) in [6.07, 6.45) is -4.05. The van der Waals surface area contributed by atoms with E-state index in [9.17, 15) is 39.6 Å². The van der Waals surface area contributed by atoms with Gasteiger partial charge >= 0.3 is 18.1 Å². The van der Waals surface area contributed by atoms with Crippen molar-refractivity contribution in [2.24, 2.45) is 0 Å². The second-order valence-corrected chi connectivity index (χ2v) is 12.5. The summed E-state index contributed by atoms with van der Waals surface area (Å²) in [5.41, 5.74) is 0. The molecule has 0 heterocycles. The Bertz CT molecular complexity index is 1060. The molecule has 0 radical (unpaired) electrons. The predicted octanol–water partition coefficient (Wildman–Crippen LogP) is 0.974. The molecule has 18 heteroatoms. The van der Waals surface area contributed by atoms with E-state index in [0.717, 1.165) is 12.3 Å². The fraction of sp³-hybridized carbons (Fsp3) is 0.438. The number of carbonyl (C=O) groups is 3. The van der Waals surface area contributed by atoms with Crippen LogP contribution in [0.25, 0.3) is 0 Å². The molecule has 0 aliphatic heterocycles. The molecule has 0 unspecified atom stereocenters. The predicted molar refractivity (Wildman–Crippen MR) is 119 cm³/mol. The van der Waals surface area contributed by atoms with Crippen LogP contribution in [0, 0.1) is 0 Å². The SMILES string of the molecule is CS(=O)(=O)c1cccc(S(=O)(=O)NCC(=O)NCCSSCCC(=O)O)c1.O=C(O)C(F)(F)F. The maximum atomic E-state index is 12.2. The number of sulfonamides is 1. The van der Waals surface area contributed by atoms with Crippen molar-refractivity contribution in [1.82, 2.24) is 10.0 Å². The maximum absolute atomic E-state index is 12.2. The Kier molecular flexibility index (Phi) is 13.5. The molecular formula is C16H21F3N2O9S4. The smallest absolute Gasteiger partial charge is 0.481 e. The third-order valence-electron chi connectivity index (χ3n) is 3.20. The first-order valence-electron chi connectivity index (χ1n) is 8.79. The molecule has 0 saturated carbocycles. The van der Waals surface area contributed by atoms with Gasteiger partial charge in [-0.3, -0.25) is 9.59 Å². The van der Waals surface area contributed by atoms with Gasteiger partial charge in [-0.05, 0) is 18.2 Å². The number of nitrogens with one attached hydrogen (secondary N) is 2. The second kappa shape index (κ2) is 14.4. The molecular weight excluding hydrogens is 549 g/mol. The first-order chi connectivity index (χ1) is 15.5. The highest BCUT2D eigenvalue weighted by atomic mass is 33.1. The molecule has 0 saturated heterocycles. The number of carboxylic acid groups (broad SMARTS) is 2. The lowest BCUT2D eigenvalue weighted by atomic mass is 10.4. The Labute approximate surface area is 201 Å². The van der Waals surface area contributed by atoms with Crippen LogP contribution in [-0.2, 0) is 34.2 Å². The Morgan fingerprint density at radius 3 is 2.03 bits per heavy atom. The number of alkyl halides is 3. The summed E-state index contributed by atoms with van der Waals surface area (Å²) in [4.78, 5) is 30.5. The van der Waals surface area contributed by atoms with E-state index in [0.29, 0.717) is 18.1 Å². The molecule has 0 aliphatic carbocycles. The highest BCUT2D eigenvalue weighted by Crippen LogP contribution is 2.21. The van der Waals surface area contributed by atoms with E-state index in [1.54, 1.807) is 0 Å². The Hall–Kier alpha value is -2.02. The first kappa shape index (κ1) is 32.0. The summed E-state index contributed by atoms with van der Waals surface area (Å²) in [5, 5.41) is 18.1. The van der Waals surface area contributed by atoms with Gasteiger partial charge in [0, 0.05) is 24.3 Å². The second-order valence-electron chi connectivity index (χ2n) is 6.01. The fourth-order valence-corrected chi connectivity index (χ4v) is 5.31. The maximum Gasteiger partial charge on any atom is 0.490 e. The van der Waals surface area contributed by atoms with E-state index in [-0.39, 0.29) is 16.2 Å². The lowest BCUT2D eigenvalue weighted by Crippen LogP contribution is -2.37. The van der Waals surface area contributed by atoms with E-state index in [1.807, 2.05) is 0 Å². The largest absolute Gasteiger partial charge is 0.490 e. The minimum atomic E-state index is -5.08. The van der Waals surface area contributed by atoms with E-state index in [4.69, 9.17) is 15.0 Å². The van der Waals surface area contributed by atoms with Crippen LogP contribution >= 0.6 is 21.6 Å². The number of aliphatic carboxylic acids is 2. The van der Waals surface area contributed by atoms with Gasteiger partial charge in [-0.15, -0.1) is 0 Å². The van der Waals surface area contributed by atoms with Gasteiger partial charge in [0.25, 0.3) is 0 Å². The molecule has 4 N–H and O–H groups in total. The molecule has 0 bridgehead atoms. The van der Waals surface area contributed by atoms with Crippen molar-refractivity contribution in [3.63, 3.8) is 0 Å². The van der Waals surface area contributed by atoms with Crippen LogP contribution in [0.1, 0.15) is 6.42 Å². The monoisotopic (exact) mass is 570 g/mol.